The van der Waals surface area contributed by atoms with Crippen LogP contribution in [0.4, 0.5) is 0 Å². The van der Waals surface area contributed by atoms with E-state index in [0.717, 1.165) is 0 Å². The molecular formula is C3H6BrN. The molecule has 0 rings (SSSR count). The van der Waals surface area contributed by atoms with Crippen molar-refractivity contribution in [2.45, 2.75) is 11.8 Å². The van der Waals surface area contributed by atoms with Crippen molar-refractivity contribution >= 4 is 22.1 Å². The molecule has 0 aliphatic heterocycles. The SMILES string of the molecule is CC(Br)C=N. The Morgan fingerprint density at radius 1 is 2.00 bits per heavy atom. The van der Waals surface area contributed by atoms with E-state index in [1.165, 1.54) is 6.21 Å². The maximum Gasteiger partial charge on any atom is 0.0463 e. The normalized spacial score (nSPS) is 14.0. The Balaban J connectivity index is 2.83. The molecule has 0 amide bonds. The minimum atomic E-state index is 0.238. The van der Waals surface area contributed by atoms with Crippen molar-refractivity contribution in [1.29, 1.82) is 5.41 Å². The lowest BCUT2D eigenvalue weighted by molar-refractivity contribution is 1.34. The monoisotopic (exact) mass is 135 g/mol. The van der Waals surface area contributed by atoms with Gasteiger partial charge in [-0.05, 0) is 6.92 Å². The standard InChI is InChI=1S/C3H6BrN/c1-3(4)2-5/h2-3,5H,1H3. The van der Waals surface area contributed by atoms with Crippen LogP contribution in [-0.2, 0) is 0 Å². The largest absolute Gasteiger partial charge is 0.312 e. The second kappa shape index (κ2) is 2.39. The van der Waals surface area contributed by atoms with Gasteiger partial charge in [-0.15, -0.1) is 0 Å². The molecule has 0 aromatic carbocycles. The van der Waals surface area contributed by atoms with Gasteiger partial charge in [0.25, 0.3) is 0 Å². The van der Waals surface area contributed by atoms with Crippen LogP contribution >= 0.6 is 15.9 Å². The summed E-state index contributed by atoms with van der Waals surface area (Å²) in [6.45, 7) is 1.90. The Morgan fingerprint density at radius 2 is 2.20 bits per heavy atom. The molecule has 1 unspecified atom stereocenters. The third-order valence-electron chi connectivity index (χ3n) is 0.230. The number of hydrogen-bond donors (Lipinski definition) is 1. The van der Waals surface area contributed by atoms with E-state index in [1.54, 1.807) is 0 Å². The summed E-state index contributed by atoms with van der Waals surface area (Å²) >= 11 is 3.13. The third kappa shape index (κ3) is 4.15. The van der Waals surface area contributed by atoms with Gasteiger partial charge in [-0.2, -0.15) is 0 Å². The molecule has 0 radical (unpaired) electrons. The van der Waals surface area contributed by atoms with Gasteiger partial charge < -0.3 is 5.41 Å². The molecule has 0 spiro atoms. The molecule has 0 heterocycles. The Kier molecular flexibility index (Phi) is 2.46. The molecule has 2 heteroatoms. The van der Waals surface area contributed by atoms with Crippen LogP contribution in [0.3, 0.4) is 0 Å². The minimum Gasteiger partial charge on any atom is -0.312 e. The Labute approximate surface area is 40.0 Å². The van der Waals surface area contributed by atoms with Gasteiger partial charge in [0, 0.05) is 11.0 Å². The average Bonchev–Trinajstić information content (AvgIpc) is 1.38. The number of nitrogens with one attached hydrogen (secondary N) is 1. The van der Waals surface area contributed by atoms with Gasteiger partial charge in [-0.3, -0.25) is 0 Å². The molecule has 0 aromatic rings. The summed E-state index contributed by atoms with van der Waals surface area (Å²) in [6, 6.07) is 0. The highest BCUT2D eigenvalue weighted by atomic mass is 79.9. The van der Waals surface area contributed by atoms with Crippen LogP contribution in [0.2, 0.25) is 0 Å². The fourth-order valence-corrected chi connectivity index (χ4v) is 0. The predicted octanol–water partition coefficient (Wildman–Crippen LogP) is 1.42. The first kappa shape index (κ1) is 5.15. The molecule has 1 N–H and O–H groups in total. The van der Waals surface area contributed by atoms with E-state index in [0.29, 0.717) is 0 Å². The van der Waals surface area contributed by atoms with Crippen molar-refractivity contribution in [2.24, 2.45) is 0 Å². The first-order valence-corrected chi connectivity index (χ1v) is 2.33. The summed E-state index contributed by atoms with van der Waals surface area (Å²) in [7, 11) is 0. The molecule has 1 atom stereocenters. The lowest BCUT2D eigenvalue weighted by Crippen LogP contribution is -1.84. The molecule has 5 heavy (non-hydrogen) atoms. The molecular weight excluding hydrogens is 130 g/mol. The van der Waals surface area contributed by atoms with Crippen LogP contribution in [0.15, 0.2) is 0 Å². The summed E-state index contributed by atoms with van der Waals surface area (Å²) in [5, 5.41) is 6.49. The summed E-state index contributed by atoms with van der Waals surface area (Å²) in [4.78, 5) is 0.238. The lowest BCUT2D eigenvalue weighted by atomic mass is 10.6. The van der Waals surface area contributed by atoms with E-state index < -0.39 is 0 Å². The number of rotatable bonds is 1. The quantitative estimate of drug-likeness (QED) is 0.416. The summed E-state index contributed by atoms with van der Waals surface area (Å²) in [6.07, 6.45) is 1.33. The van der Waals surface area contributed by atoms with E-state index in [4.69, 9.17) is 5.41 Å². The van der Waals surface area contributed by atoms with Crippen LogP contribution in [0.1, 0.15) is 6.92 Å². The van der Waals surface area contributed by atoms with E-state index >= 15 is 0 Å². The molecule has 0 fully saturated rings. The van der Waals surface area contributed by atoms with Crippen molar-refractivity contribution in [3.8, 4) is 0 Å². The highest BCUT2D eigenvalue weighted by Crippen LogP contribution is 1.88. The molecule has 1 nitrogen and oxygen atoms in total. The topological polar surface area (TPSA) is 23.9 Å². The predicted molar refractivity (Wildman–Crippen MR) is 27.2 cm³/mol. The van der Waals surface area contributed by atoms with E-state index in [-0.39, 0.29) is 4.83 Å². The first-order valence-electron chi connectivity index (χ1n) is 1.42. The smallest absolute Gasteiger partial charge is 0.0463 e. The van der Waals surface area contributed by atoms with Gasteiger partial charge in [0.1, 0.15) is 0 Å². The van der Waals surface area contributed by atoms with Crippen LogP contribution in [-0.4, -0.2) is 11.0 Å². The van der Waals surface area contributed by atoms with Crippen molar-refractivity contribution < 1.29 is 0 Å². The van der Waals surface area contributed by atoms with Crippen LogP contribution in [0.5, 0.6) is 0 Å². The maximum absolute atomic E-state index is 6.49. The van der Waals surface area contributed by atoms with Gasteiger partial charge in [0.2, 0.25) is 0 Å². The fourth-order valence-electron chi connectivity index (χ4n) is 0. The highest BCUT2D eigenvalue weighted by Gasteiger charge is 1.78. The van der Waals surface area contributed by atoms with Crippen molar-refractivity contribution in [2.75, 3.05) is 0 Å². The van der Waals surface area contributed by atoms with Crippen molar-refractivity contribution in [3.63, 3.8) is 0 Å². The fraction of sp³-hybridized carbons (Fsp3) is 0.667. The highest BCUT2D eigenvalue weighted by molar-refractivity contribution is 9.09. The zero-order valence-corrected chi connectivity index (χ0v) is 4.62. The molecule has 0 aliphatic carbocycles. The third-order valence-corrected chi connectivity index (χ3v) is 0.494. The van der Waals surface area contributed by atoms with E-state index in [9.17, 15) is 0 Å². The van der Waals surface area contributed by atoms with Crippen molar-refractivity contribution in [1.82, 2.24) is 0 Å². The van der Waals surface area contributed by atoms with E-state index in [1.807, 2.05) is 6.92 Å². The number of hydrogen-bond acceptors (Lipinski definition) is 1. The second-order valence-corrected chi connectivity index (χ2v) is 2.29. The van der Waals surface area contributed by atoms with Crippen LogP contribution in [0.25, 0.3) is 0 Å². The van der Waals surface area contributed by atoms with Gasteiger partial charge in [-0.1, -0.05) is 15.9 Å². The molecule has 0 saturated carbocycles. The minimum absolute atomic E-state index is 0.238. The van der Waals surface area contributed by atoms with Gasteiger partial charge in [0.05, 0.1) is 0 Å². The maximum atomic E-state index is 6.49. The van der Waals surface area contributed by atoms with Gasteiger partial charge >= 0.3 is 0 Å². The van der Waals surface area contributed by atoms with E-state index in [2.05, 4.69) is 15.9 Å². The lowest BCUT2D eigenvalue weighted by Gasteiger charge is -1.79. The zero-order valence-electron chi connectivity index (χ0n) is 3.03. The Bertz CT molecular complexity index is 33.9. The molecule has 0 bridgehead atoms. The van der Waals surface area contributed by atoms with Gasteiger partial charge in [-0.25, -0.2) is 0 Å². The van der Waals surface area contributed by atoms with Crippen LogP contribution < -0.4 is 0 Å². The molecule has 30 valence electrons. The number of halogens is 1. The molecule has 0 aliphatic rings. The molecule has 0 aromatic heterocycles. The molecule has 0 saturated heterocycles. The summed E-state index contributed by atoms with van der Waals surface area (Å²) < 4.78 is 0. The average molecular weight is 136 g/mol. The summed E-state index contributed by atoms with van der Waals surface area (Å²) in [5.41, 5.74) is 0. The van der Waals surface area contributed by atoms with Crippen LogP contribution in [0, 0.1) is 5.41 Å². The van der Waals surface area contributed by atoms with Gasteiger partial charge in [0.15, 0.2) is 0 Å². The Hall–Kier alpha value is 0.150. The zero-order chi connectivity index (χ0) is 4.28. The first-order chi connectivity index (χ1) is 2.27. The Morgan fingerprint density at radius 3 is 2.20 bits per heavy atom. The second-order valence-electron chi connectivity index (χ2n) is 0.844. The summed E-state index contributed by atoms with van der Waals surface area (Å²) in [5.74, 6) is 0. The number of alkyl halides is 1. The van der Waals surface area contributed by atoms with Crippen molar-refractivity contribution in [3.05, 3.63) is 0 Å².